The normalized spacial score (nSPS) is 22.5. The molecule has 0 bridgehead atoms. The van der Waals surface area contributed by atoms with Gasteiger partial charge in [-0.3, -0.25) is 9.45 Å². The van der Waals surface area contributed by atoms with Gasteiger partial charge in [-0.15, -0.1) is 0 Å². The Morgan fingerprint density at radius 1 is 1.45 bits per heavy atom. The molecule has 2 rings (SSSR count). The van der Waals surface area contributed by atoms with E-state index in [9.17, 15) is 18.1 Å². The predicted octanol–water partition coefficient (Wildman–Crippen LogP) is 0.221. The lowest BCUT2D eigenvalue weighted by Crippen LogP contribution is -2.40. The van der Waals surface area contributed by atoms with E-state index in [-0.39, 0.29) is 12.4 Å². The molecule has 0 saturated heterocycles. The van der Waals surface area contributed by atoms with Crippen LogP contribution in [0.25, 0.3) is 0 Å². The number of allylic oxidation sites excluding steroid dienone is 1. The fraction of sp³-hybridized carbons (Fsp3) is 0.500. The first-order valence-corrected chi connectivity index (χ1v) is 9.68. The maximum absolute atomic E-state index is 11.9. The van der Waals surface area contributed by atoms with E-state index in [0.29, 0.717) is 23.6 Å². The van der Waals surface area contributed by atoms with Gasteiger partial charge in [0, 0.05) is 6.42 Å². The number of aliphatic hydroxyl groups excluding tert-OH is 1. The average molecular weight is 347 g/mol. The quantitative estimate of drug-likeness (QED) is 0.521. The lowest BCUT2D eigenvalue weighted by molar-refractivity contribution is 0.301. The molecule has 2 atom stereocenters. The molecule has 0 amide bonds. The first-order valence-electron chi connectivity index (χ1n) is 6.48. The number of hydrogen-bond acceptors (Lipinski definition) is 7. The minimum Gasteiger partial charge on any atom is -0.396 e. The number of aromatic nitrogens is 2. The van der Waals surface area contributed by atoms with Crippen LogP contribution in [-0.2, 0) is 21.0 Å². The molecule has 22 heavy (non-hydrogen) atoms. The number of nitrogens with two attached hydrogens (primary N) is 1. The number of rotatable bonds is 4. The van der Waals surface area contributed by atoms with Crippen LogP contribution < -0.4 is 10.6 Å². The SMILES string of the molecule is CC1=C(CCO)[S+](C)C(S(=O)(=O)O)N1c1cnc(C)nc1N. The van der Waals surface area contributed by atoms with Crippen molar-refractivity contribution >= 4 is 32.5 Å². The highest BCUT2D eigenvalue weighted by molar-refractivity contribution is 8.12. The van der Waals surface area contributed by atoms with E-state index < -0.39 is 25.7 Å². The van der Waals surface area contributed by atoms with E-state index in [1.165, 1.54) is 11.1 Å². The van der Waals surface area contributed by atoms with Crippen molar-refractivity contribution in [2.24, 2.45) is 0 Å². The van der Waals surface area contributed by atoms with Crippen molar-refractivity contribution in [1.29, 1.82) is 0 Å². The molecule has 0 aliphatic carbocycles. The van der Waals surface area contributed by atoms with Gasteiger partial charge < -0.3 is 10.8 Å². The molecule has 1 aliphatic rings. The summed E-state index contributed by atoms with van der Waals surface area (Å²) in [5, 5.41) is 9.19. The maximum Gasteiger partial charge on any atom is 0.336 e. The van der Waals surface area contributed by atoms with E-state index in [1.807, 2.05) is 0 Å². The molecule has 0 aromatic carbocycles. The Labute approximate surface area is 132 Å². The maximum atomic E-state index is 11.9. The number of nitrogens with zero attached hydrogens (tertiary/aromatic N) is 3. The van der Waals surface area contributed by atoms with E-state index in [4.69, 9.17) is 5.73 Å². The van der Waals surface area contributed by atoms with Gasteiger partial charge in [-0.1, -0.05) is 0 Å². The number of nitrogen functional groups attached to an aromatic ring is 1. The zero-order valence-corrected chi connectivity index (χ0v) is 14.1. The Balaban J connectivity index is 2.62. The Bertz CT molecular complexity index is 720. The molecular formula is C12H19N4O4S2+. The van der Waals surface area contributed by atoms with Gasteiger partial charge in [-0.25, -0.2) is 9.97 Å². The predicted molar refractivity (Wildman–Crippen MR) is 86.7 cm³/mol. The van der Waals surface area contributed by atoms with Crippen LogP contribution in [0.15, 0.2) is 16.8 Å². The van der Waals surface area contributed by atoms with Crippen molar-refractivity contribution in [3.63, 3.8) is 0 Å². The third-order valence-electron chi connectivity index (χ3n) is 3.44. The zero-order valence-electron chi connectivity index (χ0n) is 12.5. The van der Waals surface area contributed by atoms with E-state index in [1.54, 1.807) is 20.1 Å². The molecule has 4 N–H and O–H groups in total. The Morgan fingerprint density at radius 2 is 2.09 bits per heavy atom. The molecule has 1 aliphatic heterocycles. The molecule has 122 valence electrons. The van der Waals surface area contributed by atoms with Crippen molar-refractivity contribution in [3.8, 4) is 0 Å². The Morgan fingerprint density at radius 3 is 2.59 bits per heavy atom. The minimum atomic E-state index is -4.36. The van der Waals surface area contributed by atoms with Crippen LogP contribution in [0.2, 0.25) is 0 Å². The molecule has 10 heteroatoms. The number of hydrogen-bond donors (Lipinski definition) is 3. The molecule has 8 nitrogen and oxygen atoms in total. The Kier molecular flexibility index (Phi) is 4.66. The van der Waals surface area contributed by atoms with Crippen LogP contribution in [0.3, 0.4) is 0 Å². The molecular weight excluding hydrogens is 328 g/mol. The highest BCUT2D eigenvalue weighted by Crippen LogP contribution is 2.41. The first kappa shape index (κ1) is 17.0. The van der Waals surface area contributed by atoms with E-state index in [0.717, 1.165) is 4.91 Å². The summed E-state index contributed by atoms with van der Waals surface area (Å²) < 4.78 is 32.2. The zero-order chi connectivity index (χ0) is 16.7. The van der Waals surface area contributed by atoms with Crippen LogP contribution in [0.1, 0.15) is 19.2 Å². The molecule has 0 spiro atoms. The summed E-state index contributed by atoms with van der Waals surface area (Å²) in [7, 11) is -5.15. The third-order valence-corrected chi connectivity index (χ3v) is 7.85. The van der Waals surface area contributed by atoms with E-state index in [2.05, 4.69) is 9.97 Å². The monoisotopic (exact) mass is 347 g/mol. The molecule has 1 aromatic rings. The second kappa shape index (κ2) is 6.03. The van der Waals surface area contributed by atoms with Crippen LogP contribution in [0.5, 0.6) is 0 Å². The summed E-state index contributed by atoms with van der Waals surface area (Å²) in [6, 6.07) is 0. The van der Waals surface area contributed by atoms with Crippen molar-refractivity contribution in [2.75, 3.05) is 23.5 Å². The lowest BCUT2D eigenvalue weighted by Gasteiger charge is -2.23. The van der Waals surface area contributed by atoms with Gasteiger partial charge in [-0.05, 0) is 13.8 Å². The van der Waals surface area contributed by atoms with Gasteiger partial charge in [0.25, 0.3) is 0 Å². The average Bonchev–Trinajstić information content (AvgIpc) is 2.63. The summed E-state index contributed by atoms with van der Waals surface area (Å²) in [5.74, 6) is 0.610. The Hall–Kier alpha value is -1.36. The minimum absolute atomic E-state index is 0.101. The number of aryl methyl sites for hydroxylation is 1. The van der Waals surface area contributed by atoms with Crippen LogP contribution in [0, 0.1) is 6.92 Å². The fourth-order valence-corrected chi connectivity index (χ4v) is 6.68. The highest BCUT2D eigenvalue weighted by Gasteiger charge is 2.53. The van der Waals surface area contributed by atoms with Gasteiger partial charge in [-0.2, -0.15) is 8.42 Å². The molecule has 0 saturated carbocycles. The molecule has 0 fully saturated rings. The van der Waals surface area contributed by atoms with Gasteiger partial charge in [0.15, 0.2) is 10.7 Å². The molecule has 2 heterocycles. The van der Waals surface area contributed by atoms with E-state index >= 15 is 0 Å². The lowest BCUT2D eigenvalue weighted by atomic mass is 10.3. The van der Waals surface area contributed by atoms with Crippen molar-refractivity contribution in [1.82, 2.24) is 9.97 Å². The summed E-state index contributed by atoms with van der Waals surface area (Å²) in [6.45, 7) is 3.31. The molecule has 2 unspecified atom stereocenters. The topological polar surface area (TPSA) is 130 Å². The third kappa shape index (κ3) is 2.91. The number of anilines is 2. The van der Waals surface area contributed by atoms with Gasteiger partial charge in [0.05, 0.1) is 29.4 Å². The largest absolute Gasteiger partial charge is 0.396 e. The van der Waals surface area contributed by atoms with Gasteiger partial charge >= 0.3 is 14.8 Å². The smallest absolute Gasteiger partial charge is 0.336 e. The standard InChI is InChI=1S/C12H18N4O4S2/c1-7-10(4-5-17)21(3)12(22(18,19)20)16(7)9-6-14-8(2)15-11(9)13/h6,12,17H,4-5H2,1-3H3,(H2-,13,14,15,18,19,20)/p+1. The second-order valence-electron chi connectivity index (χ2n) is 4.92. The van der Waals surface area contributed by atoms with Gasteiger partial charge in [0.1, 0.15) is 17.8 Å². The molecule has 1 aromatic heterocycles. The summed E-state index contributed by atoms with van der Waals surface area (Å²) in [6.07, 6.45) is 3.50. The molecule has 0 radical (unpaired) electrons. The first-order chi connectivity index (χ1) is 10.2. The highest BCUT2D eigenvalue weighted by atomic mass is 32.3. The number of aliphatic hydroxyl groups is 1. The van der Waals surface area contributed by atoms with Crippen LogP contribution in [0.4, 0.5) is 11.5 Å². The summed E-state index contributed by atoms with van der Waals surface area (Å²) >= 11 is 0. The summed E-state index contributed by atoms with van der Waals surface area (Å²) in [4.78, 5) is 10.3. The van der Waals surface area contributed by atoms with Crippen molar-refractivity contribution in [3.05, 3.63) is 22.6 Å². The van der Waals surface area contributed by atoms with Crippen LogP contribution in [-0.4, -0.2) is 45.6 Å². The van der Waals surface area contributed by atoms with Crippen molar-refractivity contribution in [2.45, 2.75) is 25.0 Å². The summed E-state index contributed by atoms with van der Waals surface area (Å²) in [5.41, 5.74) is 6.87. The van der Waals surface area contributed by atoms with Gasteiger partial charge in [0.2, 0.25) is 0 Å². The second-order valence-corrected chi connectivity index (χ2v) is 8.75. The van der Waals surface area contributed by atoms with Crippen LogP contribution >= 0.6 is 0 Å². The fourth-order valence-electron chi connectivity index (χ4n) is 2.53. The van der Waals surface area contributed by atoms with Crippen molar-refractivity contribution < 1.29 is 18.1 Å².